The summed E-state index contributed by atoms with van der Waals surface area (Å²) < 4.78 is 0. The van der Waals surface area contributed by atoms with E-state index in [0.717, 1.165) is 37.2 Å². The monoisotopic (exact) mass is 528 g/mol. The van der Waals surface area contributed by atoms with Crippen LogP contribution in [0.3, 0.4) is 0 Å². The van der Waals surface area contributed by atoms with Crippen molar-refractivity contribution < 1.29 is 6.22 Å². The molecule has 0 aromatic heterocycles. The van der Waals surface area contributed by atoms with E-state index in [1.807, 2.05) is 6.92 Å². The van der Waals surface area contributed by atoms with E-state index in [4.69, 9.17) is 0 Å². The van der Waals surface area contributed by atoms with E-state index in [0.29, 0.717) is 30.0 Å². The molecule has 0 bridgehead atoms. The van der Waals surface area contributed by atoms with Crippen LogP contribution in [0.2, 0.25) is 0 Å². The average molecular weight is 529 g/mol. The molecule has 1 fully saturated rings. The third kappa shape index (κ3) is 11.3. The first-order valence-electron chi connectivity index (χ1n) is 15.5. The Morgan fingerprint density at radius 2 is 1.69 bits per heavy atom. The summed E-state index contributed by atoms with van der Waals surface area (Å²) in [5, 5.41) is 0. The predicted molar refractivity (Wildman–Crippen MR) is 172 cm³/mol. The molecule has 1 aromatic carbocycles. The lowest BCUT2D eigenvalue weighted by Crippen LogP contribution is -2.16. The molecule has 0 radical (unpaired) electrons. The minimum Gasteiger partial charge on any atom is -0.299 e. The number of carbonyl (C=O) groups excluding carboxylic acids is 1. The third-order valence-corrected chi connectivity index (χ3v) is 8.15. The average Bonchev–Trinajstić information content (AvgIpc) is 3.28. The minimum absolute atomic E-state index is 0. The standard InChI is InChI=1S/C30H38O.C8H16.H2/c1-3-30(31)21-24-13-11-23(12-14-24)16-26-18-27(17-25-10-9-22(2)15-25)20-29(19-26)28-7-5-4-6-8-28;1-7(2)6-8(3,4)5;/h9,11-15,18,20,26,28H,3-8,10,16-17,19,21H2,1-2H3;1,6H2,2-5H3;1H. The molecule has 214 valence electrons. The van der Waals surface area contributed by atoms with Crippen LogP contribution in [0.15, 0.2) is 83.0 Å². The van der Waals surface area contributed by atoms with Crippen LogP contribution in [-0.2, 0) is 17.6 Å². The summed E-state index contributed by atoms with van der Waals surface area (Å²) in [4.78, 5) is 11.7. The lowest BCUT2D eigenvalue weighted by atomic mass is 9.75. The second kappa shape index (κ2) is 14.8. The number of benzene rings is 1. The Kier molecular flexibility index (Phi) is 11.8. The highest BCUT2D eigenvalue weighted by Crippen LogP contribution is 2.39. The van der Waals surface area contributed by atoms with Gasteiger partial charge < -0.3 is 0 Å². The summed E-state index contributed by atoms with van der Waals surface area (Å²) in [6, 6.07) is 8.81. The van der Waals surface area contributed by atoms with Crippen molar-refractivity contribution >= 4 is 5.78 Å². The minimum atomic E-state index is 0. The third-order valence-electron chi connectivity index (χ3n) is 8.15. The highest BCUT2D eigenvalue weighted by molar-refractivity contribution is 5.80. The van der Waals surface area contributed by atoms with Crippen LogP contribution in [0.4, 0.5) is 0 Å². The maximum Gasteiger partial charge on any atom is 0.136 e. The Bertz CT molecular complexity index is 1100. The fourth-order valence-electron chi connectivity index (χ4n) is 6.48. The molecule has 1 aromatic rings. The van der Waals surface area contributed by atoms with E-state index in [1.54, 1.807) is 11.1 Å². The van der Waals surface area contributed by atoms with Crippen LogP contribution in [0.5, 0.6) is 0 Å². The van der Waals surface area contributed by atoms with E-state index >= 15 is 0 Å². The van der Waals surface area contributed by atoms with Gasteiger partial charge in [-0.25, -0.2) is 0 Å². The number of Topliss-reactive ketones (excluding diaryl/α,β-unsaturated/α-hetero) is 1. The largest absolute Gasteiger partial charge is 0.299 e. The highest BCUT2D eigenvalue weighted by Gasteiger charge is 2.24. The van der Waals surface area contributed by atoms with E-state index in [1.165, 1.54) is 60.8 Å². The highest BCUT2D eigenvalue weighted by atomic mass is 16.1. The fourth-order valence-corrected chi connectivity index (χ4v) is 6.48. The van der Waals surface area contributed by atoms with E-state index in [-0.39, 0.29) is 1.43 Å². The van der Waals surface area contributed by atoms with Gasteiger partial charge in [-0.05, 0) is 92.7 Å². The second-order valence-corrected chi connectivity index (χ2v) is 13.7. The zero-order valence-electron chi connectivity index (χ0n) is 25.9. The summed E-state index contributed by atoms with van der Waals surface area (Å²) in [6.45, 7) is 16.7. The van der Waals surface area contributed by atoms with Crippen LogP contribution in [0, 0.1) is 17.3 Å². The van der Waals surface area contributed by atoms with Crippen molar-refractivity contribution in [2.24, 2.45) is 17.3 Å². The van der Waals surface area contributed by atoms with Crippen LogP contribution in [0.25, 0.3) is 0 Å². The molecule has 3 aliphatic rings. The van der Waals surface area contributed by atoms with Crippen molar-refractivity contribution in [3.05, 3.63) is 94.1 Å². The van der Waals surface area contributed by atoms with Crippen molar-refractivity contribution in [1.82, 2.24) is 0 Å². The first-order valence-corrected chi connectivity index (χ1v) is 15.5. The quantitative estimate of drug-likeness (QED) is 0.291. The molecule has 0 saturated heterocycles. The van der Waals surface area contributed by atoms with Crippen molar-refractivity contribution in [2.75, 3.05) is 0 Å². The van der Waals surface area contributed by atoms with Gasteiger partial charge in [0.15, 0.2) is 0 Å². The number of ketones is 1. The van der Waals surface area contributed by atoms with Gasteiger partial charge in [0.2, 0.25) is 0 Å². The number of carbonyl (C=O) groups is 1. The van der Waals surface area contributed by atoms with Gasteiger partial charge in [0.1, 0.15) is 5.78 Å². The Hall–Kier alpha value is -2.41. The molecular formula is C38H56O. The van der Waals surface area contributed by atoms with Crippen LogP contribution in [0.1, 0.15) is 118 Å². The summed E-state index contributed by atoms with van der Waals surface area (Å²) in [7, 11) is 0. The molecule has 1 unspecified atom stereocenters. The van der Waals surface area contributed by atoms with Crippen LogP contribution >= 0.6 is 0 Å². The number of rotatable bonds is 9. The lowest BCUT2D eigenvalue weighted by molar-refractivity contribution is -0.118. The van der Waals surface area contributed by atoms with Gasteiger partial charge in [0.05, 0.1) is 0 Å². The first kappa shape index (κ1) is 31.1. The molecule has 0 heterocycles. The molecule has 1 heteroatoms. The van der Waals surface area contributed by atoms with Gasteiger partial charge >= 0.3 is 0 Å². The maximum atomic E-state index is 11.7. The smallest absolute Gasteiger partial charge is 0.136 e. The molecule has 3 aliphatic carbocycles. The topological polar surface area (TPSA) is 17.1 Å². The van der Waals surface area contributed by atoms with Gasteiger partial charge in [-0.15, -0.1) is 6.58 Å². The molecule has 0 N–H and O–H groups in total. The number of hydrogen-bond donors (Lipinski definition) is 0. The van der Waals surface area contributed by atoms with E-state index < -0.39 is 0 Å². The molecule has 0 aliphatic heterocycles. The molecule has 0 spiro atoms. The lowest BCUT2D eigenvalue weighted by Gasteiger charge is -2.30. The summed E-state index contributed by atoms with van der Waals surface area (Å²) in [5.41, 5.74) is 10.5. The summed E-state index contributed by atoms with van der Waals surface area (Å²) >= 11 is 0. The van der Waals surface area contributed by atoms with Crippen LogP contribution < -0.4 is 0 Å². The van der Waals surface area contributed by atoms with E-state index in [2.05, 4.69) is 89.8 Å². The van der Waals surface area contributed by atoms with Crippen molar-refractivity contribution in [3.8, 4) is 0 Å². The Balaban J connectivity index is 0.000000546. The molecule has 0 amide bonds. The van der Waals surface area contributed by atoms with Crippen molar-refractivity contribution in [2.45, 2.75) is 119 Å². The fraction of sp³-hybridized carbons (Fsp3) is 0.553. The van der Waals surface area contributed by atoms with Crippen molar-refractivity contribution in [1.29, 1.82) is 0 Å². The van der Waals surface area contributed by atoms with Gasteiger partial charge in [-0.1, -0.05) is 118 Å². The van der Waals surface area contributed by atoms with Gasteiger partial charge in [0, 0.05) is 14.3 Å². The summed E-state index contributed by atoms with van der Waals surface area (Å²) in [5.74, 6) is 1.72. The number of hydrogen-bond acceptors (Lipinski definition) is 1. The Morgan fingerprint density at radius 1 is 1.03 bits per heavy atom. The summed E-state index contributed by atoms with van der Waals surface area (Å²) in [6.07, 6.45) is 23.7. The maximum absolute atomic E-state index is 11.7. The molecular weight excluding hydrogens is 472 g/mol. The zero-order valence-corrected chi connectivity index (χ0v) is 25.9. The molecule has 1 atom stereocenters. The van der Waals surface area contributed by atoms with Gasteiger partial charge in [0.25, 0.3) is 0 Å². The second-order valence-electron chi connectivity index (χ2n) is 13.7. The normalized spacial score (nSPS) is 19.8. The predicted octanol–water partition coefficient (Wildman–Crippen LogP) is 11.1. The Morgan fingerprint density at radius 3 is 2.23 bits per heavy atom. The number of allylic oxidation sites excluding steroid dienone is 9. The van der Waals surface area contributed by atoms with Crippen molar-refractivity contribution in [3.63, 3.8) is 0 Å². The first-order chi connectivity index (χ1) is 18.5. The SMILES string of the molecule is C=C(C)CC(C)(C)C.CCC(=O)Cc1ccc(CC2C=C(CC3=CC(C)=CC3)C=C(C3CCCCC3)C2)cc1.[HH]. The zero-order chi connectivity index (χ0) is 28.4. The molecule has 39 heavy (non-hydrogen) atoms. The van der Waals surface area contributed by atoms with Crippen LogP contribution in [-0.4, -0.2) is 5.78 Å². The van der Waals surface area contributed by atoms with E-state index in [9.17, 15) is 4.79 Å². The Labute approximate surface area is 241 Å². The van der Waals surface area contributed by atoms with Gasteiger partial charge in [-0.3, -0.25) is 4.79 Å². The molecule has 1 saturated carbocycles. The van der Waals surface area contributed by atoms with Gasteiger partial charge in [-0.2, -0.15) is 0 Å². The molecule has 1 nitrogen and oxygen atoms in total. The molecule has 4 rings (SSSR count).